The second-order valence-electron chi connectivity index (χ2n) is 4.57. The van der Waals surface area contributed by atoms with Crippen LogP contribution in [0.2, 0.25) is 0 Å². The predicted octanol–water partition coefficient (Wildman–Crippen LogP) is 3.03. The lowest BCUT2D eigenvalue weighted by molar-refractivity contribution is -0.384. The average molecular weight is 279 g/mol. The molecule has 1 unspecified atom stereocenters. The molecule has 1 aromatic rings. The van der Waals surface area contributed by atoms with E-state index in [1.807, 2.05) is 13.0 Å². The van der Waals surface area contributed by atoms with Gasteiger partial charge in [0.2, 0.25) is 0 Å². The van der Waals surface area contributed by atoms with Gasteiger partial charge < -0.3 is 9.84 Å². The van der Waals surface area contributed by atoms with Gasteiger partial charge in [-0.2, -0.15) is 0 Å². The highest BCUT2D eigenvalue weighted by atomic mass is 16.6. The van der Waals surface area contributed by atoms with Crippen molar-refractivity contribution in [3.63, 3.8) is 0 Å². The number of hydrogen-bond donors (Lipinski definition) is 1. The molecule has 1 atom stereocenters. The van der Waals surface area contributed by atoms with E-state index in [0.717, 1.165) is 5.57 Å². The van der Waals surface area contributed by atoms with Crippen LogP contribution in [0.1, 0.15) is 20.3 Å². The minimum Gasteiger partial charge on any atom is -0.489 e. The van der Waals surface area contributed by atoms with Gasteiger partial charge in [-0.15, -0.1) is 0 Å². The molecule has 0 saturated carbocycles. The molecule has 6 nitrogen and oxygen atoms in total. The van der Waals surface area contributed by atoms with Crippen molar-refractivity contribution in [3.05, 3.63) is 46.0 Å². The molecule has 6 heteroatoms. The Balaban J connectivity index is 2.48. The average Bonchev–Trinajstić information content (AvgIpc) is 2.42. The molecule has 108 valence electrons. The third-order valence-electron chi connectivity index (χ3n) is 2.76. The third-order valence-corrected chi connectivity index (χ3v) is 2.76. The van der Waals surface area contributed by atoms with E-state index < -0.39 is 16.8 Å². The molecule has 0 radical (unpaired) electrons. The van der Waals surface area contributed by atoms with Crippen LogP contribution in [0.25, 0.3) is 0 Å². The Kier molecular flexibility index (Phi) is 5.71. The van der Waals surface area contributed by atoms with Gasteiger partial charge in [0.15, 0.2) is 0 Å². The van der Waals surface area contributed by atoms with Crippen LogP contribution in [-0.2, 0) is 4.79 Å². The van der Waals surface area contributed by atoms with Gasteiger partial charge >= 0.3 is 5.97 Å². The SMILES string of the molecule is CC(=CCC(C)C(=O)O)COc1ccc([N+](=O)[O-])cc1. The molecular formula is C14H17NO5. The first kappa shape index (κ1) is 15.7. The largest absolute Gasteiger partial charge is 0.489 e. The van der Waals surface area contributed by atoms with E-state index in [0.29, 0.717) is 18.8 Å². The smallest absolute Gasteiger partial charge is 0.306 e. The number of benzene rings is 1. The van der Waals surface area contributed by atoms with Gasteiger partial charge in [0.1, 0.15) is 12.4 Å². The highest BCUT2D eigenvalue weighted by Crippen LogP contribution is 2.18. The molecule has 0 aromatic heterocycles. The van der Waals surface area contributed by atoms with Crippen molar-refractivity contribution in [1.29, 1.82) is 0 Å². The summed E-state index contributed by atoms with van der Waals surface area (Å²) in [5, 5.41) is 19.2. The number of allylic oxidation sites excluding steroid dienone is 1. The van der Waals surface area contributed by atoms with Crippen LogP contribution in [-0.4, -0.2) is 22.6 Å². The number of hydrogen-bond acceptors (Lipinski definition) is 4. The molecule has 20 heavy (non-hydrogen) atoms. The van der Waals surface area contributed by atoms with Gasteiger partial charge in [0.05, 0.1) is 10.8 Å². The zero-order valence-electron chi connectivity index (χ0n) is 11.4. The molecule has 0 aliphatic heterocycles. The number of nitro benzene ring substituents is 1. The van der Waals surface area contributed by atoms with Crippen molar-refractivity contribution in [1.82, 2.24) is 0 Å². The molecule has 0 aliphatic rings. The van der Waals surface area contributed by atoms with E-state index in [2.05, 4.69) is 0 Å². The van der Waals surface area contributed by atoms with Crippen molar-refractivity contribution in [2.24, 2.45) is 5.92 Å². The number of rotatable bonds is 7. The molecule has 0 bridgehead atoms. The van der Waals surface area contributed by atoms with Crippen LogP contribution >= 0.6 is 0 Å². The molecule has 0 heterocycles. The monoisotopic (exact) mass is 279 g/mol. The highest BCUT2D eigenvalue weighted by molar-refractivity contribution is 5.69. The van der Waals surface area contributed by atoms with Crippen molar-refractivity contribution in [2.45, 2.75) is 20.3 Å². The second-order valence-corrected chi connectivity index (χ2v) is 4.57. The summed E-state index contributed by atoms with van der Waals surface area (Å²) in [7, 11) is 0. The quantitative estimate of drug-likeness (QED) is 0.470. The normalized spacial score (nSPS) is 12.8. The van der Waals surface area contributed by atoms with E-state index in [4.69, 9.17) is 9.84 Å². The molecular weight excluding hydrogens is 262 g/mol. The zero-order chi connectivity index (χ0) is 15.1. The van der Waals surface area contributed by atoms with Gasteiger partial charge in [0.25, 0.3) is 5.69 Å². The maximum atomic E-state index is 10.7. The number of nitro groups is 1. The third kappa shape index (κ3) is 5.09. The Morgan fingerprint density at radius 1 is 1.45 bits per heavy atom. The fourth-order valence-electron chi connectivity index (χ4n) is 1.40. The number of ether oxygens (including phenoxy) is 1. The molecule has 0 saturated heterocycles. The van der Waals surface area contributed by atoms with Gasteiger partial charge in [-0.1, -0.05) is 13.0 Å². The molecule has 0 amide bonds. The van der Waals surface area contributed by atoms with E-state index in [9.17, 15) is 14.9 Å². The predicted molar refractivity (Wildman–Crippen MR) is 73.8 cm³/mol. The molecule has 0 aliphatic carbocycles. The van der Waals surface area contributed by atoms with E-state index in [1.54, 1.807) is 6.92 Å². The maximum Gasteiger partial charge on any atom is 0.306 e. The first-order valence-electron chi connectivity index (χ1n) is 6.16. The molecule has 1 rings (SSSR count). The lowest BCUT2D eigenvalue weighted by atomic mass is 10.1. The Bertz CT molecular complexity index is 507. The van der Waals surface area contributed by atoms with Gasteiger partial charge in [0, 0.05) is 12.1 Å². The summed E-state index contributed by atoms with van der Waals surface area (Å²) in [5.41, 5.74) is 0.927. The number of aliphatic carboxylic acids is 1. The first-order valence-corrected chi connectivity index (χ1v) is 6.16. The van der Waals surface area contributed by atoms with Crippen LogP contribution in [0.3, 0.4) is 0 Å². The fourth-order valence-corrected chi connectivity index (χ4v) is 1.40. The number of non-ortho nitro benzene ring substituents is 1. The summed E-state index contributed by atoms with van der Waals surface area (Å²) in [6.07, 6.45) is 2.27. The summed E-state index contributed by atoms with van der Waals surface area (Å²) in [6.45, 7) is 3.81. The second kappa shape index (κ2) is 7.28. The summed E-state index contributed by atoms with van der Waals surface area (Å²) >= 11 is 0. The maximum absolute atomic E-state index is 10.7. The van der Waals surface area contributed by atoms with Gasteiger partial charge in [-0.3, -0.25) is 14.9 Å². The minimum atomic E-state index is -0.828. The molecule has 1 N–H and O–H groups in total. The summed E-state index contributed by atoms with van der Waals surface area (Å²) in [6, 6.07) is 5.82. The van der Waals surface area contributed by atoms with E-state index >= 15 is 0 Å². The Hall–Kier alpha value is -2.37. The van der Waals surface area contributed by atoms with Crippen molar-refractivity contribution in [3.8, 4) is 5.75 Å². The minimum absolute atomic E-state index is 0.0138. The van der Waals surface area contributed by atoms with Gasteiger partial charge in [-0.25, -0.2) is 0 Å². The van der Waals surface area contributed by atoms with Crippen LogP contribution in [0.5, 0.6) is 5.75 Å². The number of carbonyl (C=O) groups is 1. The van der Waals surface area contributed by atoms with E-state index in [1.165, 1.54) is 24.3 Å². The standard InChI is InChI=1S/C14H17NO5/c1-10(3-4-11(2)14(16)17)9-20-13-7-5-12(6-8-13)15(18)19/h3,5-8,11H,4,9H2,1-2H3,(H,16,17). The summed E-state index contributed by atoms with van der Waals surface area (Å²) in [4.78, 5) is 20.7. The Labute approximate surface area is 116 Å². The van der Waals surface area contributed by atoms with Crippen molar-refractivity contribution >= 4 is 11.7 Å². The van der Waals surface area contributed by atoms with Crippen LogP contribution in [0.15, 0.2) is 35.9 Å². The van der Waals surface area contributed by atoms with E-state index in [-0.39, 0.29) is 5.69 Å². The summed E-state index contributed by atoms with van der Waals surface area (Å²) < 4.78 is 5.46. The zero-order valence-corrected chi connectivity index (χ0v) is 11.4. The first-order chi connectivity index (χ1) is 9.40. The number of carboxylic acids is 1. The molecule has 0 spiro atoms. The van der Waals surface area contributed by atoms with Crippen molar-refractivity contribution < 1.29 is 19.6 Å². The fraction of sp³-hybridized carbons (Fsp3) is 0.357. The topological polar surface area (TPSA) is 89.7 Å². The lowest BCUT2D eigenvalue weighted by Gasteiger charge is -2.07. The van der Waals surface area contributed by atoms with Gasteiger partial charge in [-0.05, 0) is 31.1 Å². The Morgan fingerprint density at radius 2 is 2.05 bits per heavy atom. The van der Waals surface area contributed by atoms with Crippen LogP contribution in [0.4, 0.5) is 5.69 Å². The van der Waals surface area contributed by atoms with Crippen LogP contribution in [0, 0.1) is 16.0 Å². The van der Waals surface area contributed by atoms with Crippen molar-refractivity contribution in [2.75, 3.05) is 6.61 Å². The number of nitrogens with zero attached hydrogens (tertiary/aromatic N) is 1. The molecule has 1 aromatic carbocycles. The highest BCUT2D eigenvalue weighted by Gasteiger charge is 2.08. The molecule has 0 fully saturated rings. The summed E-state index contributed by atoms with van der Waals surface area (Å²) in [5.74, 6) is -0.718. The number of carboxylic acid groups (broad SMARTS) is 1. The lowest BCUT2D eigenvalue weighted by Crippen LogP contribution is -2.08. The van der Waals surface area contributed by atoms with Crippen LogP contribution < -0.4 is 4.74 Å². The Morgan fingerprint density at radius 3 is 2.55 bits per heavy atom.